The summed E-state index contributed by atoms with van der Waals surface area (Å²) < 4.78 is 26.7. The first kappa shape index (κ1) is 12.8. The van der Waals surface area contributed by atoms with Crippen LogP contribution in [-0.4, -0.2) is 26.5 Å². The Labute approximate surface area is 84.3 Å². The summed E-state index contributed by atoms with van der Waals surface area (Å²) in [6, 6.07) is -0.227. The van der Waals surface area contributed by atoms with Crippen molar-refractivity contribution in [3.63, 3.8) is 0 Å². The molecule has 0 saturated carbocycles. The van der Waals surface area contributed by atoms with E-state index in [1.165, 1.54) is 7.05 Å². The normalized spacial score (nSPS) is 14.0. The lowest BCUT2D eigenvalue weighted by Crippen LogP contribution is -2.42. The van der Waals surface area contributed by atoms with Gasteiger partial charge in [-0.05, 0) is 6.42 Å². The molecule has 0 amide bonds. The summed E-state index contributed by atoms with van der Waals surface area (Å²) in [7, 11) is -2.05. The number of thiocarbonyl (C=S) groups is 1. The second-order valence-corrected chi connectivity index (χ2v) is 4.78. The average Bonchev–Trinajstić information content (AvgIpc) is 2.02. The van der Waals surface area contributed by atoms with Gasteiger partial charge in [0.15, 0.2) is 0 Å². The molecule has 78 valence electrons. The van der Waals surface area contributed by atoms with Gasteiger partial charge in [-0.3, -0.25) is 0 Å². The lowest BCUT2D eigenvalue weighted by atomic mass is 10.2. The predicted octanol–water partition coefficient (Wildman–Crippen LogP) is -0.505. The highest BCUT2D eigenvalue weighted by molar-refractivity contribution is 7.87. The summed E-state index contributed by atoms with van der Waals surface area (Å²) in [5.41, 5.74) is 5.31. The van der Waals surface area contributed by atoms with Crippen LogP contribution < -0.4 is 15.2 Å². The molecule has 0 rings (SSSR count). The summed E-state index contributed by atoms with van der Waals surface area (Å²) in [5.74, 6) is 0. The van der Waals surface area contributed by atoms with E-state index in [1.807, 2.05) is 6.92 Å². The number of hydrogen-bond donors (Lipinski definition) is 3. The van der Waals surface area contributed by atoms with Gasteiger partial charge in [-0.1, -0.05) is 19.1 Å². The van der Waals surface area contributed by atoms with Gasteiger partial charge in [-0.15, -0.1) is 0 Å². The van der Waals surface area contributed by atoms with Crippen molar-refractivity contribution in [2.75, 3.05) is 7.05 Å². The van der Waals surface area contributed by atoms with Crippen LogP contribution in [0.5, 0.6) is 0 Å². The molecular formula is C6H15N3O2S2. The van der Waals surface area contributed by atoms with Crippen LogP contribution in [0.2, 0.25) is 0 Å². The van der Waals surface area contributed by atoms with Gasteiger partial charge in [-0.25, -0.2) is 4.72 Å². The highest BCUT2D eigenvalue weighted by Gasteiger charge is 2.14. The van der Waals surface area contributed by atoms with Crippen LogP contribution in [0.4, 0.5) is 0 Å². The minimum absolute atomic E-state index is 0.227. The van der Waals surface area contributed by atoms with Gasteiger partial charge < -0.3 is 5.73 Å². The number of nitrogens with two attached hydrogens (primary N) is 1. The molecule has 0 aromatic rings. The maximum atomic E-state index is 11.0. The Hall–Kier alpha value is -0.240. The van der Waals surface area contributed by atoms with Crippen LogP contribution in [0.3, 0.4) is 0 Å². The van der Waals surface area contributed by atoms with Crippen molar-refractivity contribution in [3.8, 4) is 0 Å². The van der Waals surface area contributed by atoms with Crippen molar-refractivity contribution < 1.29 is 8.42 Å². The predicted molar refractivity (Wildman–Crippen MR) is 56.6 cm³/mol. The second-order valence-electron chi connectivity index (χ2n) is 2.60. The van der Waals surface area contributed by atoms with Crippen molar-refractivity contribution in [3.05, 3.63) is 0 Å². The standard InChI is InChI=1S/C6H15N3O2S2/c1-3-5(4-6(7)12)9-13(10,11)8-2/h5,8-9H,3-4H2,1-2H3,(H2,7,12). The number of nitrogens with one attached hydrogen (secondary N) is 2. The summed E-state index contributed by atoms with van der Waals surface area (Å²) in [5, 5.41) is 0. The van der Waals surface area contributed by atoms with E-state index >= 15 is 0 Å². The van der Waals surface area contributed by atoms with Crippen molar-refractivity contribution >= 4 is 27.4 Å². The monoisotopic (exact) mass is 225 g/mol. The molecule has 1 unspecified atom stereocenters. The molecule has 0 bridgehead atoms. The lowest BCUT2D eigenvalue weighted by molar-refractivity contribution is 0.539. The Morgan fingerprint density at radius 2 is 2.15 bits per heavy atom. The van der Waals surface area contributed by atoms with E-state index in [0.717, 1.165) is 0 Å². The van der Waals surface area contributed by atoms with Crippen LogP contribution in [0.15, 0.2) is 0 Å². The SMILES string of the molecule is CCC(CC(N)=S)NS(=O)(=O)NC. The third kappa shape index (κ3) is 5.92. The molecule has 0 radical (unpaired) electrons. The quantitative estimate of drug-likeness (QED) is 0.532. The van der Waals surface area contributed by atoms with E-state index < -0.39 is 10.2 Å². The molecule has 0 fully saturated rings. The van der Waals surface area contributed by atoms with E-state index in [-0.39, 0.29) is 6.04 Å². The molecule has 7 heteroatoms. The van der Waals surface area contributed by atoms with Gasteiger partial charge in [0.25, 0.3) is 10.2 Å². The fraction of sp³-hybridized carbons (Fsp3) is 0.833. The Morgan fingerprint density at radius 3 is 2.46 bits per heavy atom. The van der Waals surface area contributed by atoms with Crippen LogP contribution in [0.25, 0.3) is 0 Å². The highest BCUT2D eigenvalue weighted by atomic mass is 32.2. The van der Waals surface area contributed by atoms with E-state index in [4.69, 9.17) is 5.73 Å². The maximum absolute atomic E-state index is 11.0. The van der Waals surface area contributed by atoms with Gasteiger partial charge in [0.2, 0.25) is 0 Å². The number of rotatable bonds is 6. The zero-order valence-electron chi connectivity index (χ0n) is 7.70. The molecule has 0 aromatic heterocycles. The largest absolute Gasteiger partial charge is 0.393 e. The molecule has 0 aliphatic heterocycles. The summed E-state index contributed by atoms with van der Waals surface area (Å²) in [6.45, 7) is 1.86. The second kappa shape index (κ2) is 5.48. The minimum Gasteiger partial charge on any atom is -0.393 e. The first-order valence-corrected chi connectivity index (χ1v) is 5.79. The fourth-order valence-electron chi connectivity index (χ4n) is 0.791. The molecule has 0 heterocycles. The summed E-state index contributed by atoms with van der Waals surface area (Å²) in [4.78, 5) is 0.311. The molecule has 13 heavy (non-hydrogen) atoms. The fourth-order valence-corrected chi connectivity index (χ4v) is 1.80. The smallest absolute Gasteiger partial charge is 0.276 e. The summed E-state index contributed by atoms with van der Waals surface area (Å²) >= 11 is 4.69. The van der Waals surface area contributed by atoms with Crippen LogP contribution in [0, 0.1) is 0 Å². The van der Waals surface area contributed by atoms with Crippen molar-refractivity contribution in [1.29, 1.82) is 0 Å². The lowest BCUT2D eigenvalue weighted by Gasteiger charge is -2.15. The van der Waals surface area contributed by atoms with E-state index in [0.29, 0.717) is 17.8 Å². The zero-order valence-corrected chi connectivity index (χ0v) is 9.33. The number of hydrogen-bond acceptors (Lipinski definition) is 3. The first-order valence-electron chi connectivity index (χ1n) is 3.90. The Kier molecular flexibility index (Phi) is 5.38. The third-order valence-corrected chi connectivity index (χ3v) is 2.88. The van der Waals surface area contributed by atoms with Gasteiger partial charge in [0, 0.05) is 19.5 Å². The Bertz CT molecular complexity index is 263. The van der Waals surface area contributed by atoms with Gasteiger partial charge >= 0.3 is 0 Å². The van der Waals surface area contributed by atoms with Crippen molar-refractivity contribution in [1.82, 2.24) is 9.44 Å². The highest BCUT2D eigenvalue weighted by Crippen LogP contribution is 1.98. The molecular weight excluding hydrogens is 210 g/mol. The van der Waals surface area contributed by atoms with Crippen LogP contribution in [-0.2, 0) is 10.2 Å². The van der Waals surface area contributed by atoms with Gasteiger partial charge in [-0.2, -0.15) is 13.1 Å². The van der Waals surface area contributed by atoms with Crippen LogP contribution >= 0.6 is 12.2 Å². The topological polar surface area (TPSA) is 84.2 Å². The molecule has 4 N–H and O–H groups in total. The van der Waals surface area contributed by atoms with Crippen molar-refractivity contribution in [2.45, 2.75) is 25.8 Å². The molecule has 0 aliphatic carbocycles. The molecule has 0 aliphatic rings. The van der Waals surface area contributed by atoms with Crippen molar-refractivity contribution in [2.24, 2.45) is 5.73 Å². The first-order chi connectivity index (χ1) is 5.91. The molecule has 0 aromatic carbocycles. The maximum Gasteiger partial charge on any atom is 0.276 e. The van der Waals surface area contributed by atoms with E-state index in [9.17, 15) is 8.42 Å². The Morgan fingerprint density at radius 1 is 1.62 bits per heavy atom. The Balaban J connectivity index is 4.21. The molecule has 0 spiro atoms. The zero-order chi connectivity index (χ0) is 10.5. The average molecular weight is 225 g/mol. The van der Waals surface area contributed by atoms with Crippen LogP contribution in [0.1, 0.15) is 19.8 Å². The van der Waals surface area contributed by atoms with Gasteiger partial charge in [0.1, 0.15) is 0 Å². The summed E-state index contributed by atoms with van der Waals surface area (Å²) in [6.07, 6.45) is 1.03. The van der Waals surface area contributed by atoms with Gasteiger partial charge in [0.05, 0.1) is 4.99 Å². The van der Waals surface area contributed by atoms with E-state index in [2.05, 4.69) is 21.7 Å². The van der Waals surface area contributed by atoms with E-state index in [1.54, 1.807) is 0 Å². The third-order valence-electron chi connectivity index (χ3n) is 1.53. The molecule has 0 saturated heterocycles. The molecule has 1 atom stereocenters. The molecule has 5 nitrogen and oxygen atoms in total. The minimum atomic E-state index is -3.39.